The smallest absolute Gasteiger partial charge is 0.118 e. The molecule has 1 unspecified atom stereocenters. The Labute approximate surface area is 78.7 Å². The molecule has 2 N–H and O–H groups in total. The van der Waals surface area contributed by atoms with Crippen LogP contribution in [0.4, 0.5) is 0 Å². The summed E-state index contributed by atoms with van der Waals surface area (Å²) >= 11 is 0. The van der Waals surface area contributed by atoms with Crippen LogP contribution in [0.25, 0.3) is 0 Å². The number of methoxy groups -OCH3 is 1. The Morgan fingerprint density at radius 1 is 1.31 bits per heavy atom. The van der Waals surface area contributed by atoms with Gasteiger partial charge in [-0.1, -0.05) is 12.1 Å². The van der Waals surface area contributed by atoms with E-state index in [4.69, 9.17) is 10.5 Å². The number of hydrogen-bond acceptors (Lipinski definition) is 2. The molecular formula is C11H15NO. The Balaban J connectivity index is 2.11. The van der Waals surface area contributed by atoms with E-state index in [0.29, 0.717) is 5.92 Å². The quantitative estimate of drug-likeness (QED) is 0.767. The molecule has 2 rings (SSSR count). The van der Waals surface area contributed by atoms with Crippen molar-refractivity contribution in [1.29, 1.82) is 0 Å². The zero-order chi connectivity index (χ0) is 9.26. The van der Waals surface area contributed by atoms with E-state index in [1.54, 1.807) is 7.11 Å². The highest BCUT2D eigenvalue weighted by atomic mass is 16.5. The molecule has 2 heteroatoms. The molecule has 0 saturated heterocycles. The zero-order valence-corrected chi connectivity index (χ0v) is 7.86. The third kappa shape index (κ3) is 1.83. The van der Waals surface area contributed by atoms with Gasteiger partial charge in [-0.2, -0.15) is 0 Å². The summed E-state index contributed by atoms with van der Waals surface area (Å²) in [5, 5.41) is 0. The molecule has 1 aromatic rings. The minimum absolute atomic E-state index is 0.228. The Hall–Kier alpha value is -1.02. The Morgan fingerprint density at radius 2 is 1.92 bits per heavy atom. The van der Waals surface area contributed by atoms with Crippen LogP contribution in [0.5, 0.6) is 5.75 Å². The molecule has 1 aromatic carbocycles. The summed E-state index contributed by atoms with van der Waals surface area (Å²) in [4.78, 5) is 0. The van der Waals surface area contributed by atoms with Crippen LogP contribution in [-0.4, -0.2) is 7.11 Å². The molecule has 0 amide bonds. The molecule has 0 radical (unpaired) electrons. The molecule has 1 aliphatic rings. The molecule has 1 saturated carbocycles. The van der Waals surface area contributed by atoms with Gasteiger partial charge < -0.3 is 10.5 Å². The fourth-order valence-corrected chi connectivity index (χ4v) is 1.55. The lowest BCUT2D eigenvalue weighted by Gasteiger charge is -2.10. The molecule has 0 heterocycles. The summed E-state index contributed by atoms with van der Waals surface area (Å²) in [6.07, 6.45) is 2.57. The average molecular weight is 177 g/mol. The second-order valence-corrected chi connectivity index (χ2v) is 3.64. The molecule has 70 valence electrons. The molecule has 0 spiro atoms. The van der Waals surface area contributed by atoms with Crippen molar-refractivity contribution >= 4 is 0 Å². The van der Waals surface area contributed by atoms with Gasteiger partial charge in [0, 0.05) is 6.04 Å². The normalized spacial score (nSPS) is 18.3. The maximum absolute atomic E-state index is 6.05. The van der Waals surface area contributed by atoms with Crippen molar-refractivity contribution in [2.75, 3.05) is 7.11 Å². The average Bonchev–Trinajstić information content (AvgIpc) is 3.00. The van der Waals surface area contributed by atoms with E-state index in [1.165, 1.54) is 18.4 Å². The van der Waals surface area contributed by atoms with Gasteiger partial charge in [-0.15, -0.1) is 0 Å². The lowest BCUT2D eigenvalue weighted by molar-refractivity contribution is 0.414. The van der Waals surface area contributed by atoms with Crippen molar-refractivity contribution < 1.29 is 4.74 Å². The molecule has 1 atom stereocenters. The summed E-state index contributed by atoms with van der Waals surface area (Å²) in [5.74, 6) is 1.61. The first kappa shape index (κ1) is 8.57. The van der Waals surface area contributed by atoms with Crippen molar-refractivity contribution in [1.82, 2.24) is 0 Å². The van der Waals surface area contributed by atoms with Gasteiger partial charge >= 0.3 is 0 Å². The zero-order valence-electron chi connectivity index (χ0n) is 7.86. The largest absolute Gasteiger partial charge is 0.497 e. The van der Waals surface area contributed by atoms with Crippen molar-refractivity contribution in [3.05, 3.63) is 29.8 Å². The molecular weight excluding hydrogens is 162 g/mol. The SMILES string of the molecule is COc1ccc(C(N)C2CC2)cc1. The standard InChI is InChI=1S/C11H15NO/c1-13-10-6-4-9(5-7-10)11(12)8-2-3-8/h4-8,11H,2-3,12H2,1H3. The van der Waals surface area contributed by atoms with E-state index >= 15 is 0 Å². The van der Waals surface area contributed by atoms with E-state index in [0.717, 1.165) is 5.75 Å². The molecule has 0 bridgehead atoms. The lowest BCUT2D eigenvalue weighted by atomic mass is 10.0. The number of hydrogen-bond donors (Lipinski definition) is 1. The van der Waals surface area contributed by atoms with Gasteiger partial charge in [0.05, 0.1) is 7.11 Å². The highest BCUT2D eigenvalue weighted by Crippen LogP contribution is 2.39. The minimum Gasteiger partial charge on any atom is -0.497 e. The predicted molar refractivity (Wildman–Crippen MR) is 52.6 cm³/mol. The summed E-state index contributed by atoms with van der Waals surface area (Å²) in [6, 6.07) is 8.28. The van der Waals surface area contributed by atoms with Gasteiger partial charge in [0.1, 0.15) is 5.75 Å². The molecule has 0 aliphatic heterocycles. The summed E-state index contributed by atoms with van der Waals surface area (Å²) < 4.78 is 5.08. The Bertz CT molecular complexity index is 277. The summed E-state index contributed by atoms with van der Waals surface area (Å²) in [6.45, 7) is 0. The second kappa shape index (κ2) is 3.38. The van der Waals surface area contributed by atoms with E-state index in [2.05, 4.69) is 12.1 Å². The topological polar surface area (TPSA) is 35.2 Å². The molecule has 1 aliphatic carbocycles. The molecule has 2 nitrogen and oxygen atoms in total. The van der Waals surface area contributed by atoms with Gasteiger partial charge in [-0.3, -0.25) is 0 Å². The van der Waals surface area contributed by atoms with Crippen molar-refractivity contribution in [3.8, 4) is 5.75 Å². The number of rotatable bonds is 3. The molecule has 1 fully saturated rings. The molecule has 0 aromatic heterocycles. The highest BCUT2D eigenvalue weighted by Gasteiger charge is 2.29. The first-order valence-electron chi connectivity index (χ1n) is 4.71. The van der Waals surface area contributed by atoms with E-state index < -0.39 is 0 Å². The van der Waals surface area contributed by atoms with Crippen molar-refractivity contribution in [3.63, 3.8) is 0 Å². The summed E-state index contributed by atoms with van der Waals surface area (Å²) in [5.41, 5.74) is 7.28. The first-order chi connectivity index (χ1) is 6.31. The van der Waals surface area contributed by atoms with Crippen LogP contribution in [0.15, 0.2) is 24.3 Å². The lowest BCUT2D eigenvalue weighted by Crippen LogP contribution is -2.11. The van der Waals surface area contributed by atoms with Gasteiger partial charge in [0.15, 0.2) is 0 Å². The second-order valence-electron chi connectivity index (χ2n) is 3.64. The van der Waals surface area contributed by atoms with Crippen molar-refractivity contribution in [2.45, 2.75) is 18.9 Å². The number of nitrogens with two attached hydrogens (primary N) is 1. The maximum Gasteiger partial charge on any atom is 0.118 e. The molecule has 13 heavy (non-hydrogen) atoms. The van der Waals surface area contributed by atoms with Crippen LogP contribution in [0.1, 0.15) is 24.4 Å². The van der Waals surface area contributed by atoms with Crippen LogP contribution in [0.2, 0.25) is 0 Å². The van der Waals surface area contributed by atoms with Gasteiger partial charge in [0.2, 0.25) is 0 Å². The maximum atomic E-state index is 6.05. The fraction of sp³-hybridized carbons (Fsp3) is 0.455. The van der Waals surface area contributed by atoms with E-state index in [-0.39, 0.29) is 6.04 Å². The van der Waals surface area contributed by atoms with Gasteiger partial charge in [-0.25, -0.2) is 0 Å². The highest BCUT2D eigenvalue weighted by molar-refractivity contribution is 5.29. The summed E-state index contributed by atoms with van der Waals surface area (Å²) in [7, 11) is 1.68. The van der Waals surface area contributed by atoms with Crippen LogP contribution in [0.3, 0.4) is 0 Å². The van der Waals surface area contributed by atoms with Gasteiger partial charge in [0.25, 0.3) is 0 Å². The number of benzene rings is 1. The third-order valence-corrected chi connectivity index (χ3v) is 2.63. The third-order valence-electron chi connectivity index (χ3n) is 2.63. The van der Waals surface area contributed by atoms with Gasteiger partial charge in [-0.05, 0) is 36.5 Å². The van der Waals surface area contributed by atoms with Crippen LogP contribution >= 0.6 is 0 Å². The van der Waals surface area contributed by atoms with Crippen LogP contribution < -0.4 is 10.5 Å². The fourth-order valence-electron chi connectivity index (χ4n) is 1.55. The first-order valence-corrected chi connectivity index (χ1v) is 4.71. The van der Waals surface area contributed by atoms with Crippen LogP contribution in [0, 0.1) is 5.92 Å². The number of ether oxygens (including phenoxy) is 1. The minimum atomic E-state index is 0.228. The Morgan fingerprint density at radius 3 is 2.38 bits per heavy atom. The van der Waals surface area contributed by atoms with Crippen molar-refractivity contribution in [2.24, 2.45) is 11.7 Å². The monoisotopic (exact) mass is 177 g/mol. The predicted octanol–water partition coefficient (Wildman–Crippen LogP) is 2.10. The Kier molecular flexibility index (Phi) is 2.23. The van der Waals surface area contributed by atoms with E-state index in [1.807, 2.05) is 12.1 Å². The van der Waals surface area contributed by atoms with Crippen LogP contribution in [-0.2, 0) is 0 Å². The van der Waals surface area contributed by atoms with E-state index in [9.17, 15) is 0 Å².